The summed E-state index contributed by atoms with van der Waals surface area (Å²) in [4.78, 5) is 12.2. The molecule has 1 atom stereocenters. The first kappa shape index (κ1) is 17.9. The minimum atomic E-state index is -0.136. The van der Waals surface area contributed by atoms with Crippen LogP contribution in [-0.2, 0) is 18.3 Å². The summed E-state index contributed by atoms with van der Waals surface area (Å²) in [6.45, 7) is 0.313. The smallest absolute Gasteiger partial charge is 0.224 e. The Bertz CT molecular complexity index is 886. The van der Waals surface area contributed by atoms with Crippen molar-refractivity contribution in [3.05, 3.63) is 27.4 Å². The highest BCUT2D eigenvalue weighted by Crippen LogP contribution is 2.44. The first-order valence-corrected chi connectivity index (χ1v) is 8.61. The molecule has 8 heteroatoms. The second kappa shape index (κ2) is 7.12. The number of aliphatic hydroxyl groups excluding tert-OH is 1. The number of aryl methyl sites for hydroxylation is 1. The zero-order valence-electron chi connectivity index (χ0n) is 13.6. The average Bonchev–Trinajstić information content (AvgIpc) is 2.75. The third-order valence-corrected chi connectivity index (χ3v) is 5.28. The van der Waals surface area contributed by atoms with Crippen LogP contribution in [0.1, 0.15) is 23.6 Å². The van der Waals surface area contributed by atoms with E-state index in [1.165, 1.54) is 0 Å². The third-order valence-electron chi connectivity index (χ3n) is 4.51. The van der Waals surface area contributed by atoms with Crippen molar-refractivity contribution in [2.45, 2.75) is 18.8 Å². The molecule has 25 heavy (non-hydrogen) atoms. The molecule has 6 nitrogen and oxygen atoms in total. The maximum absolute atomic E-state index is 12.2. The number of carbonyl (C=O) groups excluding carboxylic acids is 1. The van der Waals surface area contributed by atoms with Gasteiger partial charge >= 0.3 is 0 Å². The van der Waals surface area contributed by atoms with E-state index in [-0.39, 0.29) is 31.5 Å². The summed E-state index contributed by atoms with van der Waals surface area (Å²) in [6, 6.07) is 3.51. The number of carbonyl (C=O) groups is 1. The molecule has 0 spiro atoms. The average molecular weight is 382 g/mol. The molecule has 1 aromatic carbocycles. The van der Waals surface area contributed by atoms with Crippen LogP contribution in [0.4, 0.5) is 0 Å². The van der Waals surface area contributed by atoms with Gasteiger partial charge in [-0.05, 0) is 12.0 Å². The number of nitriles is 1. The fraction of sp³-hybridized carbons (Fsp3) is 0.412. The molecule has 132 valence electrons. The summed E-state index contributed by atoms with van der Waals surface area (Å²) >= 11 is 12.7. The van der Waals surface area contributed by atoms with Crippen molar-refractivity contribution < 1.29 is 14.6 Å². The van der Waals surface area contributed by atoms with Crippen LogP contribution in [0.25, 0.3) is 10.9 Å². The number of hydrogen-bond donors (Lipinski definition) is 2. The van der Waals surface area contributed by atoms with Gasteiger partial charge in [-0.1, -0.05) is 23.2 Å². The van der Waals surface area contributed by atoms with E-state index >= 15 is 0 Å². The summed E-state index contributed by atoms with van der Waals surface area (Å²) < 4.78 is 7.47. The molecule has 0 aliphatic carbocycles. The molecule has 3 rings (SSSR count). The summed E-state index contributed by atoms with van der Waals surface area (Å²) in [5, 5.41) is 22.5. The molecule has 0 bridgehead atoms. The molecular formula is C17H17Cl2N3O3. The normalized spacial score (nSPS) is 16.9. The zero-order valence-corrected chi connectivity index (χ0v) is 15.1. The number of ether oxygens (including phenoxy) is 1. The summed E-state index contributed by atoms with van der Waals surface area (Å²) in [5.74, 6) is 0.272. The molecule has 0 saturated heterocycles. The Balaban J connectivity index is 2.35. The largest absolute Gasteiger partial charge is 0.478 e. The van der Waals surface area contributed by atoms with Crippen LogP contribution < -0.4 is 10.1 Å². The van der Waals surface area contributed by atoms with Gasteiger partial charge in [-0.2, -0.15) is 5.26 Å². The standard InChI is InChI=1S/C17H17Cl2N3O3/c1-22-16-9(2-4-23)8-21-13(24)6-10(16)14-12(25-5-3-20)7-11(18)15(19)17(14)22/h7,9,23H,2,4-6,8H2,1H3,(H,21,24). The highest BCUT2D eigenvalue weighted by molar-refractivity contribution is 6.45. The maximum Gasteiger partial charge on any atom is 0.224 e. The molecule has 1 unspecified atom stereocenters. The van der Waals surface area contributed by atoms with Gasteiger partial charge in [-0.3, -0.25) is 4.79 Å². The Morgan fingerprint density at radius 2 is 2.28 bits per heavy atom. The van der Waals surface area contributed by atoms with E-state index < -0.39 is 0 Å². The number of rotatable bonds is 4. The minimum Gasteiger partial charge on any atom is -0.478 e. The molecule has 1 aromatic heterocycles. The fourth-order valence-corrected chi connectivity index (χ4v) is 3.99. The monoisotopic (exact) mass is 381 g/mol. The lowest BCUT2D eigenvalue weighted by molar-refractivity contribution is -0.120. The van der Waals surface area contributed by atoms with Gasteiger partial charge in [0.05, 0.1) is 22.0 Å². The first-order chi connectivity index (χ1) is 12.0. The van der Waals surface area contributed by atoms with Gasteiger partial charge in [-0.15, -0.1) is 0 Å². The van der Waals surface area contributed by atoms with Crippen molar-refractivity contribution in [2.75, 3.05) is 19.8 Å². The number of fused-ring (bicyclic) bond motifs is 3. The first-order valence-electron chi connectivity index (χ1n) is 7.86. The van der Waals surface area contributed by atoms with E-state index in [0.29, 0.717) is 39.7 Å². The van der Waals surface area contributed by atoms with Crippen LogP contribution in [0.2, 0.25) is 10.0 Å². The molecule has 0 saturated carbocycles. The quantitative estimate of drug-likeness (QED) is 0.851. The van der Waals surface area contributed by atoms with E-state index in [0.717, 1.165) is 11.3 Å². The maximum atomic E-state index is 12.2. The van der Waals surface area contributed by atoms with Crippen molar-refractivity contribution >= 4 is 40.0 Å². The molecule has 2 heterocycles. The number of halogens is 2. The Kier molecular flexibility index (Phi) is 5.09. The Hall–Kier alpha value is -1.94. The van der Waals surface area contributed by atoms with E-state index in [1.807, 2.05) is 17.7 Å². The van der Waals surface area contributed by atoms with Gasteiger partial charge in [0.1, 0.15) is 11.8 Å². The lowest BCUT2D eigenvalue weighted by Gasteiger charge is -2.16. The molecule has 1 aliphatic heterocycles. The summed E-state index contributed by atoms with van der Waals surface area (Å²) in [6.07, 6.45) is 0.687. The van der Waals surface area contributed by atoms with Crippen LogP contribution in [0.3, 0.4) is 0 Å². The van der Waals surface area contributed by atoms with Gasteiger partial charge in [0.2, 0.25) is 5.91 Å². The molecule has 1 amide bonds. The molecule has 2 aromatic rings. The lowest BCUT2D eigenvalue weighted by atomic mass is 9.97. The van der Waals surface area contributed by atoms with Gasteiger partial charge in [0, 0.05) is 43.3 Å². The van der Waals surface area contributed by atoms with E-state index in [9.17, 15) is 9.90 Å². The highest BCUT2D eigenvalue weighted by Gasteiger charge is 2.30. The number of amides is 1. The van der Waals surface area contributed by atoms with Crippen LogP contribution >= 0.6 is 23.2 Å². The number of aliphatic hydroxyl groups is 1. The Labute approximate surface area is 154 Å². The summed E-state index contributed by atoms with van der Waals surface area (Å²) in [7, 11) is 1.86. The number of aromatic nitrogens is 1. The van der Waals surface area contributed by atoms with E-state index in [1.54, 1.807) is 6.07 Å². The Morgan fingerprint density at radius 3 is 2.96 bits per heavy atom. The van der Waals surface area contributed by atoms with Crippen molar-refractivity contribution in [3.8, 4) is 11.8 Å². The van der Waals surface area contributed by atoms with Gasteiger partial charge in [-0.25, -0.2) is 0 Å². The van der Waals surface area contributed by atoms with E-state index in [4.69, 9.17) is 33.2 Å². The molecule has 0 fully saturated rings. The summed E-state index contributed by atoms with van der Waals surface area (Å²) in [5.41, 5.74) is 2.40. The third kappa shape index (κ3) is 3.04. The van der Waals surface area contributed by atoms with Crippen LogP contribution in [0.15, 0.2) is 6.07 Å². The molecule has 1 aliphatic rings. The van der Waals surface area contributed by atoms with Crippen LogP contribution in [-0.4, -0.2) is 35.3 Å². The predicted octanol–water partition coefficient (Wildman–Crippen LogP) is 2.53. The van der Waals surface area contributed by atoms with Crippen LogP contribution in [0.5, 0.6) is 5.75 Å². The number of nitrogens with zero attached hydrogens (tertiary/aromatic N) is 2. The highest BCUT2D eigenvalue weighted by atomic mass is 35.5. The Morgan fingerprint density at radius 1 is 1.52 bits per heavy atom. The van der Waals surface area contributed by atoms with Crippen molar-refractivity contribution in [3.63, 3.8) is 0 Å². The minimum absolute atomic E-state index is 0.00772. The molecule has 2 N–H and O–H groups in total. The SMILES string of the molecule is Cn1c2c(c3c(OCC#N)cc(Cl)c(Cl)c31)CC(=O)NCC2CCO. The predicted molar refractivity (Wildman–Crippen MR) is 95.2 cm³/mol. The molecular weight excluding hydrogens is 365 g/mol. The van der Waals surface area contributed by atoms with Gasteiger partial charge in [0.15, 0.2) is 6.61 Å². The van der Waals surface area contributed by atoms with Crippen molar-refractivity contribution in [2.24, 2.45) is 7.05 Å². The molecule has 0 radical (unpaired) electrons. The lowest BCUT2D eigenvalue weighted by Crippen LogP contribution is -2.27. The van der Waals surface area contributed by atoms with E-state index in [2.05, 4.69) is 5.32 Å². The van der Waals surface area contributed by atoms with Gasteiger partial charge < -0.3 is 19.7 Å². The fourth-order valence-electron chi connectivity index (χ4n) is 3.52. The van der Waals surface area contributed by atoms with Crippen molar-refractivity contribution in [1.29, 1.82) is 5.26 Å². The topological polar surface area (TPSA) is 87.3 Å². The number of benzene rings is 1. The second-order valence-electron chi connectivity index (χ2n) is 5.95. The van der Waals surface area contributed by atoms with Gasteiger partial charge in [0.25, 0.3) is 0 Å². The second-order valence-corrected chi connectivity index (χ2v) is 6.74. The van der Waals surface area contributed by atoms with Crippen molar-refractivity contribution in [1.82, 2.24) is 9.88 Å². The van der Waals surface area contributed by atoms with Crippen LogP contribution in [0, 0.1) is 11.3 Å². The zero-order chi connectivity index (χ0) is 18.1. The number of nitrogens with one attached hydrogen (secondary N) is 1. The number of hydrogen-bond acceptors (Lipinski definition) is 4.